The van der Waals surface area contributed by atoms with Gasteiger partial charge in [0.2, 0.25) is 5.91 Å². The number of carbonyl (C=O) groups excluding carboxylic acids is 2. The molecule has 128 valence electrons. The molecule has 0 aliphatic heterocycles. The Kier molecular flexibility index (Phi) is 5.12. The zero-order valence-corrected chi connectivity index (χ0v) is 12.8. The van der Waals surface area contributed by atoms with Crippen LogP contribution in [0.15, 0.2) is 24.3 Å². The second kappa shape index (κ2) is 6.91. The summed E-state index contributed by atoms with van der Waals surface area (Å²) >= 11 is 0. The number of carbonyl (C=O) groups is 2. The first-order chi connectivity index (χ1) is 11.2. The normalized spacial score (nSPS) is 19.3. The number of hydrogen-bond acceptors (Lipinski definition) is 4. The van der Waals surface area contributed by atoms with Crippen molar-refractivity contribution in [2.45, 2.75) is 19.1 Å². The van der Waals surface area contributed by atoms with E-state index in [1.54, 1.807) is 0 Å². The van der Waals surface area contributed by atoms with Crippen LogP contribution in [0.4, 0.5) is 13.2 Å². The number of rotatable bonds is 5. The van der Waals surface area contributed by atoms with Crippen LogP contribution in [0.25, 0.3) is 0 Å². The molecule has 0 heterocycles. The Morgan fingerprint density at radius 2 is 1.92 bits per heavy atom. The van der Waals surface area contributed by atoms with Crippen molar-refractivity contribution in [2.24, 2.45) is 11.8 Å². The van der Waals surface area contributed by atoms with Crippen LogP contribution < -0.4 is 0 Å². The Hall–Kier alpha value is -2.56. The van der Waals surface area contributed by atoms with Gasteiger partial charge in [-0.3, -0.25) is 9.59 Å². The first kappa shape index (κ1) is 17.8. The molecule has 1 saturated carbocycles. The van der Waals surface area contributed by atoms with Crippen LogP contribution in [0.5, 0.6) is 0 Å². The second-order valence-corrected chi connectivity index (χ2v) is 5.59. The molecular weight excluding hydrogens is 325 g/mol. The molecule has 1 fully saturated rings. The third-order valence-electron chi connectivity index (χ3n) is 3.75. The number of halogens is 3. The highest BCUT2D eigenvalue weighted by Crippen LogP contribution is 2.41. The van der Waals surface area contributed by atoms with Gasteiger partial charge in [0.05, 0.1) is 30.6 Å². The molecular formula is C16H15F3N2O3. The molecule has 24 heavy (non-hydrogen) atoms. The number of ether oxygens (including phenoxy) is 1. The average Bonchev–Trinajstić information content (AvgIpc) is 3.33. The van der Waals surface area contributed by atoms with Crippen molar-refractivity contribution in [2.75, 3.05) is 13.7 Å². The molecule has 0 N–H and O–H groups in total. The zero-order valence-electron chi connectivity index (χ0n) is 12.8. The topological polar surface area (TPSA) is 70.4 Å². The summed E-state index contributed by atoms with van der Waals surface area (Å²) in [7, 11) is 1.17. The van der Waals surface area contributed by atoms with Crippen molar-refractivity contribution in [1.29, 1.82) is 5.26 Å². The quantitative estimate of drug-likeness (QED) is 0.771. The van der Waals surface area contributed by atoms with Crippen molar-refractivity contribution >= 4 is 11.9 Å². The van der Waals surface area contributed by atoms with Gasteiger partial charge >= 0.3 is 12.1 Å². The van der Waals surface area contributed by atoms with E-state index in [-0.39, 0.29) is 13.0 Å². The van der Waals surface area contributed by atoms with Gasteiger partial charge in [-0.1, -0.05) is 12.1 Å². The summed E-state index contributed by atoms with van der Waals surface area (Å²) in [6.45, 7) is -1.63. The van der Waals surface area contributed by atoms with Gasteiger partial charge in [0.1, 0.15) is 6.54 Å². The molecule has 5 nitrogen and oxygen atoms in total. The Labute approximate surface area is 136 Å². The third-order valence-corrected chi connectivity index (χ3v) is 3.75. The largest absolute Gasteiger partial charge is 0.469 e. The number of hydrogen-bond donors (Lipinski definition) is 0. The number of benzene rings is 1. The summed E-state index contributed by atoms with van der Waals surface area (Å²) in [4.78, 5) is 24.4. The molecule has 2 unspecified atom stereocenters. The van der Waals surface area contributed by atoms with Gasteiger partial charge in [0.15, 0.2) is 0 Å². The van der Waals surface area contributed by atoms with E-state index >= 15 is 0 Å². The van der Waals surface area contributed by atoms with Crippen LogP contribution in [0.3, 0.4) is 0 Å². The first-order valence-corrected chi connectivity index (χ1v) is 7.17. The lowest BCUT2D eigenvalue weighted by Crippen LogP contribution is -2.39. The van der Waals surface area contributed by atoms with Crippen molar-refractivity contribution in [3.63, 3.8) is 0 Å². The van der Waals surface area contributed by atoms with E-state index < -0.39 is 36.4 Å². The predicted octanol–water partition coefficient (Wildman–Crippen LogP) is 2.26. The van der Waals surface area contributed by atoms with Crippen LogP contribution >= 0.6 is 0 Å². The standard InChI is InChI=1S/C16H15F3N2O3/c1-24-15(23)13-6-12(13)14(22)21(9-16(17,18)19)8-11-4-2-10(7-20)3-5-11/h2-5,12-13H,6,8-9H2,1H3. The number of methoxy groups -OCH3 is 1. The molecule has 0 spiro atoms. The van der Waals surface area contributed by atoms with Crippen LogP contribution in [-0.4, -0.2) is 36.6 Å². The van der Waals surface area contributed by atoms with E-state index in [0.29, 0.717) is 16.0 Å². The van der Waals surface area contributed by atoms with Gasteiger partial charge in [0, 0.05) is 6.54 Å². The molecule has 0 bridgehead atoms. The van der Waals surface area contributed by atoms with E-state index in [2.05, 4.69) is 4.74 Å². The molecule has 1 aromatic carbocycles. The Balaban J connectivity index is 2.11. The van der Waals surface area contributed by atoms with E-state index in [1.807, 2.05) is 6.07 Å². The van der Waals surface area contributed by atoms with Gasteiger partial charge in [-0.25, -0.2) is 0 Å². The van der Waals surface area contributed by atoms with E-state index in [1.165, 1.54) is 31.4 Å². The molecule has 2 atom stereocenters. The minimum absolute atomic E-state index is 0.202. The lowest BCUT2D eigenvalue weighted by molar-refractivity contribution is -0.164. The summed E-state index contributed by atoms with van der Waals surface area (Å²) in [5.41, 5.74) is 0.849. The predicted molar refractivity (Wildman–Crippen MR) is 76.2 cm³/mol. The second-order valence-electron chi connectivity index (χ2n) is 5.59. The summed E-state index contributed by atoms with van der Waals surface area (Å²) in [5, 5.41) is 8.73. The highest BCUT2D eigenvalue weighted by atomic mass is 19.4. The smallest absolute Gasteiger partial charge is 0.406 e. The molecule has 1 aromatic rings. The highest BCUT2D eigenvalue weighted by molar-refractivity contribution is 5.90. The molecule has 2 rings (SSSR count). The molecule has 8 heteroatoms. The van der Waals surface area contributed by atoms with Crippen LogP contribution in [-0.2, 0) is 20.9 Å². The molecule has 1 aliphatic rings. The average molecular weight is 340 g/mol. The zero-order chi connectivity index (χ0) is 17.9. The van der Waals surface area contributed by atoms with E-state index in [9.17, 15) is 22.8 Å². The fourth-order valence-electron chi connectivity index (χ4n) is 2.45. The maximum atomic E-state index is 12.8. The lowest BCUT2D eigenvalue weighted by atomic mass is 10.1. The van der Waals surface area contributed by atoms with Crippen molar-refractivity contribution in [3.8, 4) is 6.07 Å². The fourth-order valence-corrected chi connectivity index (χ4v) is 2.45. The number of amides is 1. The van der Waals surface area contributed by atoms with E-state index in [4.69, 9.17) is 5.26 Å². The maximum Gasteiger partial charge on any atom is 0.406 e. The van der Waals surface area contributed by atoms with Crippen LogP contribution in [0, 0.1) is 23.2 Å². The monoisotopic (exact) mass is 340 g/mol. The Morgan fingerprint density at radius 3 is 2.42 bits per heavy atom. The number of nitrogens with zero attached hydrogens (tertiary/aromatic N) is 2. The highest BCUT2D eigenvalue weighted by Gasteiger charge is 2.51. The number of esters is 1. The van der Waals surface area contributed by atoms with Gasteiger partial charge in [-0.05, 0) is 24.1 Å². The van der Waals surface area contributed by atoms with Crippen LogP contribution in [0.1, 0.15) is 17.5 Å². The molecule has 1 amide bonds. The number of alkyl halides is 3. The van der Waals surface area contributed by atoms with Crippen LogP contribution in [0.2, 0.25) is 0 Å². The lowest BCUT2D eigenvalue weighted by Gasteiger charge is -2.24. The van der Waals surface area contributed by atoms with Gasteiger partial charge in [0.25, 0.3) is 0 Å². The first-order valence-electron chi connectivity index (χ1n) is 7.17. The third kappa shape index (κ3) is 4.47. The summed E-state index contributed by atoms with van der Waals surface area (Å²) in [5.74, 6) is -2.73. The van der Waals surface area contributed by atoms with Gasteiger partial charge in [-0.2, -0.15) is 18.4 Å². The van der Waals surface area contributed by atoms with Gasteiger partial charge < -0.3 is 9.64 Å². The minimum Gasteiger partial charge on any atom is -0.469 e. The molecule has 1 aliphatic carbocycles. The number of nitriles is 1. The van der Waals surface area contributed by atoms with Gasteiger partial charge in [-0.15, -0.1) is 0 Å². The fraction of sp³-hybridized carbons (Fsp3) is 0.438. The van der Waals surface area contributed by atoms with Crippen molar-refractivity contribution in [3.05, 3.63) is 35.4 Å². The maximum absolute atomic E-state index is 12.8. The van der Waals surface area contributed by atoms with Crippen molar-refractivity contribution in [1.82, 2.24) is 4.90 Å². The minimum atomic E-state index is -4.54. The summed E-state index contributed by atoms with van der Waals surface area (Å²) in [6.07, 6.45) is -4.34. The Bertz CT molecular complexity index is 665. The SMILES string of the molecule is COC(=O)C1CC1C(=O)N(Cc1ccc(C#N)cc1)CC(F)(F)F. The Morgan fingerprint density at radius 1 is 1.29 bits per heavy atom. The summed E-state index contributed by atoms with van der Waals surface area (Å²) < 4.78 is 42.8. The molecule has 0 radical (unpaired) electrons. The van der Waals surface area contributed by atoms with E-state index in [0.717, 1.165) is 0 Å². The van der Waals surface area contributed by atoms with Crippen molar-refractivity contribution < 1.29 is 27.5 Å². The summed E-state index contributed by atoms with van der Waals surface area (Å²) in [6, 6.07) is 7.85. The molecule has 0 saturated heterocycles. The molecule has 0 aromatic heterocycles.